The van der Waals surface area contributed by atoms with Crippen LogP contribution in [0, 0.1) is 19.8 Å². The average molecular weight is 408 g/mol. The average Bonchev–Trinajstić information content (AvgIpc) is 3.16. The molecule has 2 aliphatic heterocycles. The summed E-state index contributed by atoms with van der Waals surface area (Å²) in [6.45, 7) is 13.3. The van der Waals surface area contributed by atoms with Crippen LogP contribution in [-0.4, -0.2) is 53.2 Å². The molecule has 4 rings (SSSR count). The van der Waals surface area contributed by atoms with Crippen molar-refractivity contribution in [1.82, 2.24) is 30.2 Å². The quantitative estimate of drug-likeness (QED) is 0.508. The van der Waals surface area contributed by atoms with E-state index in [2.05, 4.69) is 65.0 Å². The Kier molecular flexibility index (Phi) is 6.26. The smallest absolute Gasteiger partial charge is 0.338 e. The number of aromatic nitrogens is 2. The first kappa shape index (κ1) is 20.7. The molecule has 1 aromatic carbocycles. The molecule has 1 saturated heterocycles. The molecule has 3 heterocycles. The normalized spacial score (nSPS) is 18.1. The number of H-pyrrole nitrogens is 1. The number of fused-ring (bicyclic) bond motifs is 1. The van der Waals surface area contributed by atoms with E-state index in [-0.39, 0.29) is 0 Å². The van der Waals surface area contributed by atoms with Crippen molar-refractivity contribution in [2.24, 2.45) is 5.92 Å². The molecule has 0 amide bonds. The molecule has 0 bridgehead atoms. The Morgan fingerprint density at radius 3 is 2.73 bits per heavy atom. The highest BCUT2D eigenvalue weighted by Gasteiger charge is 2.21. The summed E-state index contributed by atoms with van der Waals surface area (Å²) in [6, 6.07) is 4.32. The van der Waals surface area contributed by atoms with Crippen LogP contribution in [0.5, 0.6) is 0 Å². The Morgan fingerprint density at radius 2 is 2.00 bits per heavy atom. The van der Waals surface area contributed by atoms with E-state index in [1.165, 1.54) is 56.4 Å². The van der Waals surface area contributed by atoms with Crippen LogP contribution in [0.15, 0.2) is 17.8 Å². The van der Waals surface area contributed by atoms with Crippen LogP contribution >= 0.6 is 0 Å². The number of guanidine groups is 1. The second kappa shape index (κ2) is 9.07. The van der Waals surface area contributed by atoms with Crippen LogP contribution in [0.25, 0.3) is 16.6 Å². The first-order valence-electron chi connectivity index (χ1n) is 11.4. The van der Waals surface area contributed by atoms with Crippen molar-refractivity contribution in [3.05, 3.63) is 34.8 Å². The number of aryl methyl sites for hydroxylation is 2. The van der Waals surface area contributed by atoms with Crippen molar-refractivity contribution in [1.29, 1.82) is 0 Å². The van der Waals surface area contributed by atoms with Crippen LogP contribution in [0.2, 0.25) is 0 Å². The van der Waals surface area contributed by atoms with Gasteiger partial charge in [-0.2, -0.15) is 0 Å². The highest BCUT2D eigenvalue weighted by Crippen LogP contribution is 2.23. The number of hydrogen-bond donors (Lipinski definition) is 3. The van der Waals surface area contributed by atoms with Crippen LogP contribution in [0.3, 0.4) is 0 Å². The summed E-state index contributed by atoms with van der Waals surface area (Å²) >= 11 is 0. The fraction of sp³-hybridized carbons (Fsp3) is 0.542. The van der Waals surface area contributed by atoms with E-state index in [1.807, 2.05) is 6.21 Å². The number of allylic oxidation sites excluding steroid dienone is 2. The topological polar surface area (TPSA) is 70.1 Å². The maximum absolute atomic E-state index is 4.81. The molecule has 0 saturated carbocycles. The minimum absolute atomic E-state index is 0.834. The zero-order chi connectivity index (χ0) is 21.1. The predicted molar refractivity (Wildman–Crippen MR) is 127 cm³/mol. The number of imidazole rings is 1. The minimum atomic E-state index is 0.834. The lowest BCUT2D eigenvalue weighted by Gasteiger charge is -2.30. The van der Waals surface area contributed by atoms with Gasteiger partial charge in [0.2, 0.25) is 0 Å². The summed E-state index contributed by atoms with van der Waals surface area (Å²) in [6.07, 6.45) is 7.11. The fourth-order valence-corrected chi connectivity index (χ4v) is 4.62. The third-order valence-corrected chi connectivity index (χ3v) is 6.45. The van der Waals surface area contributed by atoms with Crippen LogP contribution in [0.1, 0.15) is 56.5 Å². The number of benzene rings is 1. The third-order valence-electron chi connectivity index (χ3n) is 6.45. The van der Waals surface area contributed by atoms with Gasteiger partial charge in [-0.3, -0.25) is 5.32 Å². The van der Waals surface area contributed by atoms with Gasteiger partial charge in [0.05, 0.1) is 28.8 Å². The number of nitrogens with zero attached hydrogens (tertiary/aromatic N) is 3. The Morgan fingerprint density at radius 1 is 1.20 bits per heavy atom. The fourth-order valence-electron chi connectivity index (χ4n) is 4.62. The molecule has 2 aliphatic rings. The summed E-state index contributed by atoms with van der Waals surface area (Å²) in [7, 11) is 0. The van der Waals surface area contributed by atoms with Gasteiger partial charge >= 0.3 is 5.96 Å². The molecule has 30 heavy (non-hydrogen) atoms. The van der Waals surface area contributed by atoms with E-state index in [9.17, 15) is 0 Å². The van der Waals surface area contributed by atoms with E-state index < -0.39 is 0 Å². The maximum Gasteiger partial charge on any atom is 0.443 e. The van der Waals surface area contributed by atoms with E-state index in [1.54, 1.807) is 0 Å². The molecule has 3 N–H and O–H groups in total. The van der Waals surface area contributed by atoms with Gasteiger partial charge in [0.1, 0.15) is 5.82 Å². The summed E-state index contributed by atoms with van der Waals surface area (Å²) in [5.41, 5.74) is 6.62. The summed E-state index contributed by atoms with van der Waals surface area (Å²) in [5.74, 6) is 2.58. The number of aromatic amines is 1. The Bertz CT molecular complexity index is 1000. The summed E-state index contributed by atoms with van der Waals surface area (Å²) in [5, 5.41) is 6.87. The van der Waals surface area contributed by atoms with Crippen LogP contribution in [-0.2, 0) is 0 Å². The number of hydrogen-bond acceptors (Lipinski definition) is 4. The number of likely N-dealkylation sites (tertiary alicyclic amines) is 1. The first-order chi connectivity index (χ1) is 14.5. The van der Waals surface area contributed by atoms with E-state index in [0.29, 0.717) is 0 Å². The monoisotopic (exact) mass is 407 g/mol. The third kappa shape index (κ3) is 4.61. The Labute approximate surface area is 179 Å². The van der Waals surface area contributed by atoms with Gasteiger partial charge in [0.15, 0.2) is 6.21 Å². The molecule has 6 nitrogen and oxygen atoms in total. The van der Waals surface area contributed by atoms with Crippen molar-refractivity contribution < 1.29 is 0 Å². The molecular weight excluding hydrogens is 372 g/mol. The molecule has 1 aromatic heterocycles. The van der Waals surface area contributed by atoms with Gasteiger partial charge in [-0.25, -0.2) is 15.0 Å². The summed E-state index contributed by atoms with van der Waals surface area (Å²) in [4.78, 5) is 10.8. The SMILES string of the molecule is CCN1CCC(CCCNC2=[N+]=CC(c3nc4c(C)cc(C)cc4[nH]3)=C(C)N2)CC1. The minimum Gasteiger partial charge on any atom is -0.338 e. The standard InChI is InChI=1S/C24H34N6/c1-5-30-11-8-19(9-12-30)7-6-10-25-24-26-15-20(18(4)27-24)23-28-21-14-16(2)13-17(3)22(21)29-23/h13-15,19H,5-12H2,1-4H3,(H2,25,26,27,28,29)/p+1. The number of piperidine rings is 1. The summed E-state index contributed by atoms with van der Waals surface area (Å²) < 4.78 is 4.60. The van der Waals surface area contributed by atoms with Crippen molar-refractivity contribution in [3.8, 4) is 0 Å². The van der Waals surface area contributed by atoms with Crippen molar-refractivity contribution in [2.75, 3.05) is 26.2 Å². The van der Waals surface area contributed by atoms with Gasteiger partial charge in [-0.1, -0.05) is 13.0 Å². The van der Waals surface area contributed by atoms with E-state index >= 15 is 0 Å². The lowest BCUT2D eigenvalue weighted by molar-refractivity contribution is 0.185. The predicted octanol–water partition coefficient (Wildman–Crippen LogP) is 3.11. The molecule has 1 fully saturated rings. The molecule has 0 spiro atoms. The largest absolute Gasteiger partial charge is 0.443 e. The molecule has 6 heteroatoms. The zero-order valence-corrected chi connectivity index (χ0v) is 18.8. The van der Waals surface area contributed by atoms with E-state index in [4.69, 9.17) is 4.98 Å². The lowest BCUT2D eigenvalue weighted by atomic mass is 9.92. The molecule has 0 aliphatic carbocycles. The van der Waals surface area contributed by atoms with Crippen LogP contribution < -0.4 is 15.3 Å². The highest BCUT2D eigenvalue weighted by molar-refractivity contribution is 6.13. The molecule has 0 radical (unpaired) electrons. The number of nitrogens with one attached hydrogen (secondary N) is 3. The van der Waals surface area contributed by atoms with Gasteiger partial charge in [-0.15, -0.1) is 0 Å². The van der Waals surface area contributed by atoms with Crippen LogP contribution in [0.4, 0.5) is 0 Å². The Balaban J connectivity index is 1.33. The van der Waals surface area contributed by atoms with Gasteiger partial charge in [-0.05, 0) is 89.2 Å². The molecule has 2 aromatic rings. The van der Waals surface area contributed by atoms with Gasteiger partial charge < -0.3 is 9.88 Å². The Hall–Kier alpha value is -2.56. The molecule has 160 valence electrons. The molecule has 0 unspecified atom stereocenters. The van der Waals surface area contributed by atoms with Gasteiger partial charge in [0.25, 0.3) is 0 Å². The van der Waals surface area contributed by atoms with E-state index in [0.717, 1.165) is 46.6 Å². The second-order valence-electron chi connectivity index (χ2n) is 8.78. The second-order valence-corrected chi connectivity index (χ2v) is 8.78. The first-order valence-corrected chi connectivity index (χ1v) is 11.4. The zero-order valence-electron chi connectivity index (χ0n) is 18.8. The molecular formula is C24H35N6+. The maximum atomic E-state index is 4.81. The molecule has 0 atom stereocenters. The number of rotatable bonds is 6. The lowest BCUT2D eigenvalue weighted by Crippen LogP contribution is -2.41. The van der Waals surface area contributed by atoms with Crippen molar-refractivity contribution >= 4 is 28.8 Å². The van der Waals surface area contributed by atoms with Crippen molar-refractivity contribution in [3.63, 3.8) is 0 Å². The van der Waals surface area contributed by atoms with Crippen molar-refractivity contribution in [2.45, 2.75) is 53.4 Å². The van der Waals surface area contributed by atoms with Gasteiger partial charge in [0, 0.05) is 0 Å². The highest BCUT2D eigenvalue weighted by atomic mass is 15.2.